The summed E-state index contributed by atoms with van der Waals surface area (Å²) in [5.74, 6) is -0.276. The Morgan fingerprint density at radius 2 is 2.00 bits per heavy atom. The summed E-state index contributed by atoms with van der Waals surface area (Å²) in [6.45, 7) is 2.13. The van der Waals surface area contributed by atoms with Crippen LogP contribution in [0.25, 0.3) is 11.3 Å². The van der Waals surface area contributed by atoms with Crippen molar-refractivity contribution in [1.82, 2.24) is 4.98 Å². The molecule has 0 aliphatic rings. The second-order valence-corrected chi connectivity index (χ2v) is 5.55. The van der Waals surface area contributed by atoms with Crippen molar-refractivity contribution in [2.24, 2.45) is 0 Å². The van der Waals surface area contributed by atoms with Crippen LogP contribution >= 0.6 is 11.3 Å². The molecule has 2 nitrogen and oxygen atoms in total. The molecule has 0 fully saturated rings. The summed E-state index contributed by atoms with van der Waals surface area (Å²) in [4.78, 5) is 4.53. The molecule has 3 aromatic rings. The van der Waals surface area contributed by atoms with Crippen molar-refractivity contribution in [2.75, 3.05) is 5.32 Å². The zero-order chi connectivity index (χ0) is 14.7. The summed E-state index contributed by atoms with van der Waals surface area (Å²) < 4.78 is 13.6. The molecule has 3 rings (SSSR count). The number of rotatable bonds is 4. The van der Waals surface area contributed by atoms with Gasteiger partial charge in [-0.25, -0.2) is 9.37 Å². The van der Waals surface area contributed by atoms with Crippen molar-refractivity contribution in [3.8, 4) is 11.3 Å². The molecule has 0 aliphatic heterocycles. The van der Waals surface area contributed by atoms with Crippen LogP contribution in [0, 0.1) is 5.82 Å². The van der Waals surface area contributed by atoms with Crippen LogP contribution in [-0.2, 0) is 6.42 Å². The number of hydrogen-bond acceptors (Lipinski definition) is 3. The molecule has 2 aromatic carbocycles. The van der Waals surface area contributed by atoms with E-state index in [9.17, 15) is 4.39 Å². The fraction of sp³-hybridized carbons (Fsp3) is 0.118. The van der Waals surface area contributed by atoms with E-state index in [2.05, 4.69) is 29.4 Å². The molecular formula is C17H15FN2S. The first-order valence-electron chi connectivity index (χ1n) is 6.82. The summed E-state index contributed by atoms with van der Waals surface area (Å²) in [5.41, 5.74) is 3.73. The maximum Gasteiger partial charge on any atom is 0.187 e. The Labute approximate surface area is 127 Å². The molecule has 0 unspecified atom stereocenters. The van der Waals surface area contributed by atoms with Gasteiger partial charge in [0.15, 0.2) is 5.13 Å². The summed E-state index contributed by atoms with van der Waals surface area (Å²) >= 11 is 1.47. The van der Waals surface area contributed by atoms with Crippen LogP contribution in [0.2, 0.25) is 0 Å². The third-order valence-corrected chi connectivity index (χ3v) is 4.01. The summed E-state index contributed by atoms with van der Waals surface area (Å²) in [6, 6.07) is 14.9. The van der Waals surface area contributed by atoms with Gasteiger partial charge in [0.2, 0.25) is 0 Å². The van der Waals surface area contributed by atoms with Crippen LogP contribution in [0.1, 0.15) is 12.5 Å². The molecule has 0 saturated heterocycles. The Kier molecular flexibility index (Phi) is 3.97. The third-order valence-electron chi connectivity index (χ3n) is 3.25. The van der Waals surface area contributed by atoms with E-state index >= 15 is 0 Å². The van der Waals surface area contributed by atoms with Gasteiger partial charge < -0.3 is 5.32 Å². The molecule has 1 aromatic heterocycles. The lowest BCUT2D eigenvalue weighted by atomic mass is 10.1. The van der Waals surface area contributed by atoms with Gasteiger partial charge in [-0.05, 0) is 30.2 Å². The van der Waals surface area contributed by atoms with Crippen LogP contribution < -0.4 is 5.32 Å². The minimum atomic E-state index is -0.276. The minimum Gasteiger partial charge on any atom is -0.329 e. The monoisotopic (exact) mass is 298 g/mol. The molecule has 0 saturated carbocycles. The summed E-state index contributed by atoms with van der Waals surface area (Å²) in [5, 5.41) is 5.70. The van der Waals surface area contributed by atoms with E-state index < -0.39 is 0 Å². The molecule has 1 N–H and O–H groups in total. The predicted molar refractivity (Wildman–Crippen MR) is 86.6 cm³/mol. The first-order chi connectivity index (χ1) is 10.3. The molecule has 0 amide bonds. The van der Waals surface area contributed by atoms with Crippen molar-refractivity contribution in [2.45, 2.75) is 13.3 Å². The molecule has 106 valence electrons. The van der Waals surface area contributed by atoms with E-state index in [-0.39, 0.29) is 5.82 Å². The fourth-order valence-corrected chi connectivity index (χ4v) is 2.82. The molecule has 0 bridgehead atoms. The van der Waals surface area contributed by atoms with Crippen LogP contribution in [0.15, 0.2) is 53.9 Å². The molecular weight excluding hydrogens is 283 g/mol. The quantitative estimate of drug-likeness (QED) is 0.711. The Hall–Kier alpha value is -2.20. The van der Waals surface area contributed by atoms with Gasteiger partial charge in [0.05, 0.1) is 11.4 Å². The van der Waals surface area contributed by atoms with Crippen molar-refractivity contribution in [1.29, 1.82) is 0 Å². The topological polar surface area (TPSA) is 24.9 Å². The van der Waals surface area contributed by atoms with Crippen molar-refractivity contribution >= 4 is 22.2 Å². The second-order valence-electron chi connectivity index (χ2n) is 4.70. The number of para-hydroxylation sites is 1. The zero-order valence-electron chi connectivity index (χ0n) is 11.6. The van der Waals surface area contributed by atoms with Gasteiger partial charge in [0.1, 0.15) is 5.82 Å². The molecule has 1 heterocycles. The molecule has 0 atom stereocenters. The van der Waals surface area contributed by atoms with Gasteiger partial charge in [-0.3, -0.25) is 0 Å². The highest BCUT2D eigenvalue weighted by Gasteiger charge is 2.07. The van der Waals surface area contributed by atoms with Crippen molar-refractivity contribution in [3.63, 3.8) is 0 Å². The number of halogens is 1. The standard InChI is InChI=1S/C17H15FN2S/c1-2-12-6-5-7-13(10-12)16-11-21-17(20-16)19-15-9-4-3-8-14(15)18/h3-11H,2H2,1H3,(H,19,20). The van der Waals surface area contributed by atoms with Gasteiger partial charge in [-0.15, -0.1) is 11.3 Å². The maximum absolute atomic E-state index is 13.6. The molecule has 0 aliphatic carbocycles. The summed E-state index contributed by atoms with van der Waals surface area (Å²) in [6.07, 6.45) is 0.998. The smallest absolute Gasteiger partial charge is 0.187 e. The van der Waals surface area contributed by atoms with Crippen molar-refractivity contribution in [3.05, 3.63) is 65.3 Å². The van der Waals surface area contributed by atoms with Gasteiger partial charge in [-0.1, -0.05) is 37.3 Å². The van der Waals surface area contributed by atoms with Gasteiger partial charge in [0.25, 0.3) is 0 Å². The fourth-order valence-electron chi connectivity index (χ4n) is 2.09. The average molecular weight is 298 g/mol. The largest absolute Gasteiger partial charge is 0.329 e. The predicted octanol–water partition coefficient (Wildman–Crippen LogP) is 5.26. The molecule has 0 radical (unpaired) electrons. The lowest BCUT2D eigenvalue weighted by Gasteiger charge is -2.03. The number of hydrogen-bond donors (Lipinski definition) is 1. The van der Waals surface area contributed by atoms with E-state index in [4.69, 9.17) is 0 Å². The van der Waals surface area contributed by atoms with E-state index in [1.165, 1.54) is 23.0 Å². The van der Waals surface area contributed by atoms with Gasteiger partial charge in [0, 0.05) is 10.9 Å². The lowest BCUT2D eigenvalue weighted by Crippen LogP contribution is -1.92. The molecule has 4 heteroatoms. The van der Waals surface area contributed by atoms with E-state index in [1.807, 2.05) is 17.5 Å². The van der Waals surface area contributed by atoms with Gasteiger partial charge >= 0.3 is 0 Å². The second kappa shape index (κ2) is 6.06. The first kappa shape index (κ1) is 13.8. The SMILES string of the molecule is CCc1cccc(-c2csc(Nc3ccccc3F)n2)c1. The van der Waals surface area contributed by atoms with Crippen LogP contribution in [0.3, 0.4) is 0 Å². The minimum absolute atomic E-state index is 0.276. The number of nitrogens with one attached hydrogen (secondary N) is 1. The molecule has 21 heavy (non-hydrogen) atoms. The lowest BCUT2D eigenvalue weighted by molar-refractivity contribution is 0.632. The number of aromatic nitrogens is 1. The highest BCUT2D eigenvalue weighted by molar-refractivity contribution is 7.14. The highest BCUT2D eigenvalue weighted by Crippen LogP contribution is 2.28. The Morgan fingerprint density at radius 3 is 2.81 bits per heavy atom. The highest BCUT2D eigenvalue weighted by atomic mass is 32.1. The van der Waals surface area contributed by atoms with E-state index in [0.29, 0.717) is 10.8 Å². The Morgan fingerprint density at radius 1 is 1.14 bits per heavy atom. The van der Waals surface area contributed by atoms with Gasteiger partial charge in [-0.2, -0.15) is 0 Å². The van der Waals surface area contributed by atoms with E-state index in [1.54, 1.807) is 18.2 Å². The zero-order valence-corrected chi connectivity index (χ0v) is 12.5. The first-order valence-corrected chi connectivity index (χ1v) is 7.70. The average Bonchev–Trinajstić information content (AvgIpc) is 2.98. The Bertz CT molecular complexity index is 752. The summed E-state index contributed by atoms with van der Waals surface area (Å²) in [7, 11) is 0. The number of thiazole rings is 1. The van der Waals surface area contributed by atoms with Crippen LogP contribution in [0.5, 0.6) is 0 Å². The van der Waals surface area contributed by atoms with Crippen LogP contribution in [0.4, 0.5) is 15.2 Å². The van der Waals surface area contributed by atoms with E-state index in [0.717, 1.165) is 17.7 Å². The number of benzene rings is 2. The normalized spacial score (nSPS) is 10.6. The number of nitrogens with zero attached hydrogens (tertiary/aromatic N) is 1. The van der Waals surface area contributed by atoms with Crippen LogP contribution in [-0.4, -0.2) is 4.98 Å². The number of anilines is 2. The molecule has 0 spiro atoms. The maximum atomic E-state index is 13.6. The third kappa shape index (κ3) is 3.11. The number of aryl methyl sites for hydroxylation is 1. The Balaban J connectivity index is 1.85. The van der Waals surface area contributed by atoms with Crippen molar-refractivity contribution < 1.29 is 4.39 Å².